The monoisotopic (exact) mass is 231 g/mol. The maximum Gasteiger partial charge on any atom is 0.183 e. The lowest BCUT2D eigenvalue weighted by atomic mass is 10.2. The van der Waals surface area contributed by atoms with Crippen LogP contribution in [-0.2, 0) is 11.8 Å². The highest BCUT2D eigenvalue weighted by Crippen LogP contribution is 2.60. The first-order chi connectivity index (χ1) is 5.11. The van der Waals surface area contributed by atoms with Crippen molar-refractivity contribution in [3.8, 4) is 0 Å². The average Bonchev–Trinajstić information content (AvgIpc) is 2.10. The molecule has 1 rings (SSSR count). The van der Waals surface area contributed by atoms with Gasteiger partial charge >= 0.3 is 0 Å². The molecule has 0 spiro atoms. The predicted molar refractivity (Wildman–Crippen MR) is 56.0 cm³/mol. The van der Waals surface area contributed by atoms with Gasteiger partial charge < -0.3 is 0 Å². The standard InChI is InChI=1S/C6H12Cl2NPS/c7-10(8,11)9-5-3-1-2-4-6-9/h1-6H2. The van der Waals surface area contributed by atoms with Gasteiger partial charge in [0.2, 0.25) is 0 Å². The van der Waals surface area contributed by atoms with Gasteiger partial charge in [-0.3, -0.25) is 4.67 Å². The number of hydrogen-bond donors (Lipinski definition) is 0. The Morgan fingerprint density at radius 1 is 1.00 bits per heavy atom. The van der Waals surface area contributed by atoms with Gasteiger partial charge in [0.25, 0.3) is 0 Å². The van der Waals surface area contributed by atoms with E-state index in [1.807, 2.05) is 0 Å². The van der Waals surface area contributed by atoms with Crippen molar-refractivity contribution in [1.82, 2.24) is 4.67 Å². The van der Waals surface area contributed by atoms with Crippen LogP contribution >= 0.6 is 27.4 Å². The van der Waals surface area contributed by atoms with E-state index in [9.17, 15) is 0 Å². The fourth-order valence-electron chi connectivity index (χ4n) is 1.29. The Morgan fingerprint density at radius 2 is 1.45 bits per heavy atom. The molecule has 0 aromatic heterocycles. The Labute approximate surface area is 82.7 Å². The van der Waals surface area contributed by atoms with Crippen LogP contribution in [0.5, 0.6) is 0 Å². The van der Waals surface area contributed by atoms with Crippen molar-refractivity contribution in [3.63, 3.8) is 0 Å². The first kappa shape index (κ1) is 10.3. The van der Waals surface area contributed by atoms with Crippen molar-refractivity contribution in [2.75, 3.05) is 13.1 Å². The third-order valence-electron chi connectivity index (χ3n) is 1.91. The molecule has 0 bridgehead atoms. The summed E-state index contributed by atoms with van der Waals surface area (Å²) in [7, 11) is 0. The van der Waals surface area contributed by atoms with E-state index in [0.717, 1.165) is 13.1 Å². The minimum atomic E-state index is -2.16. The molecule has 0 atom stereocenters. The largest absolute Gasteiger partial charge is 0.252 e. The van der Waals surface area contributed by atoms with Gasteiger partial charge in [-0.2, -0.15) is 0 Å². The molecule has 0 aromatic rings. The molecule has 5 heteroatoms. The van der Waals surface area contributed by atoms with Gasteiger partial charge in [0.1, 0.15) is 0 Å². The molecule has 1 nitrogen and oxygen atoms in total. The van der Waals surface area contributed by atoms with E-state index in [2.05, 4.69) is 4.67 Å². The van der Waals surface area contributed by atoms with Crippen LogP contribution in [0.25, 0.3) is 0 Å². The van der Waals surface area contributed by atoms with E-state index in [4.69, 9.17) is 34.3 Å². The summed E-state index contributed by atoms with van der Waals surface area (Å²) in [5, 5.41) is 0. The van der Waals surface area contributed by atoms with Crippen molar-refractivity contribution in [3.05, 3.63) is 0 Å². The fraction of sp³-hybridized carbons (Fsp3) is 1.00. The minimum absolute atomic E-state index is 0.990. The second-order valence-electron chi connectivity index (χ2n) is 2.80. The second kappa shape index (κ2) is 4.43. The highest BCUT2D eigenvalue weighted by Gasteiger charge is 2.20. The van der Waals surface area contributed by atoms with Crippen LogP contribution in [0, 0.1) is 0 Å². The molecule has 1 aliphatic rings. The predicted octanol–water partition coefficient (Wildman–Crippen LogP) is 3.56. The summed E-state index contributed by atoms with van der Waals surface area (Å²) in [6.45, 7) is 1.98. The van der Waals surface area contributed by atoms with E-state index in [-0.39, 0.29) is 0 Å². The van der Waals surface area contributed by atoms with E-state index in [0.29, 0.717) is 0 Å². The highest BCUT2D eigenvalue weighted by molar-refractivity contribution is 8.37. The molecule has 0 aliphatic carbocycles. The van der Waals surface area contributed by atoms with Crippen molar-refractivity contribution >= 4 is 39.2 Å². The topological polar surface area (TPSA) is 3.24 Å². The maximum absolute atomic E-state index is 5.90. The van der Waals surface area contributed by atoms with Crippen LogP contribution in [-0.4, -0.2) is 17.8 Å². The van der Waals surface area contributed by atoms with Gasteiger partial charge in [0, 0.05) is 13.1 Å². The quantitative estimate of drug-likeness (QED) is 0.636. The third kappa shape index (κ3) is 3.61. The SMILES string of the molecule is S=P(Cl)(Cl)N1CCCCCC1. The van der Waals surface area contributed by atoms with E-state index < -0.39 is 4.89 Å². The molecule has 0 saturated carbocycles. The van der Waals surface area contributed by atoms with Gasteiger partial charge in [-0.1, -0.05) is 35.3 Å². The van der Waals surface area contributed by atoms with Crippen LogP contribution in [0.1, 0.15) is 25.7 Å². The molecule has 0 aromatic carbocycles. The Balaban J connectivity index is 2.49. The first-order valence-electron chi connectivity index (χ1n) is 3.85. The lowest BCUT2D eigenvalue weighted by molar-refractivity contribution is 0.482. The maximum atomic E-state index is 5.90. The molecule has 1 saturated heterocycles. The zero-order valence-electron chi connectivity index (χ0n) is 6.30. The van der Waals surface area contributed by atoms with Gasteiger partial charge in [-0.15, -0.1) is 0 Å². The Bertz CT molecular complexity index is 162. The third-order valence-corrected chi connectivity index (χ3v) is 4.95. The van der Waals surface area contributed by atoms with E-state index in [1.165, 1.54) is 25.7 Å². The first-order valence-corrected chi connectivity index (χ1v) is 8.42. The lowest BCUT2D eigenvalue weighted by Gasteiger charge is -2.22. The van der Waals surface area contributed by atoms with E-state index >= 15 is 0 Å². The normalized spacial score (nSPS) is 23.1. The van der Waals surface area contributed by atoms with Crippen LogP contribution in [0.2, 0.25) is 0 Å². The number of rotatable bonds is 1. The molecule has 66 valence electrons. The molecular formula is C6H12Cl2NPS. The molecule has 1 fully saturated rings. The van der Waals surface area contributed by atoms with Gasteiger partial charge in [0.05, 0.1) is 0 Å². The smallest absolute Gasteiger partial charge is 0.183 e. The molecule has 1 aliphatic heterocycles. The minimum Gasteiger partial charge on any atom is -0.252 e. The van der Waals surface area contributed by atoms with Crippen LogP contribution in [0.3, 0.4) is 0 Å². The van der Waals surface area contributed by atoms with Crippen molar-refractivity contribution in [2.24, 2.45) is 0 Å². The van der Waals surface area contributed by atoms with Crippen LogP contribution in [0.15, 0.2) is 0 Å². The Kier molecular flexibility index (Phi) is 4.14. The number of nitrogens with zero attached hydrogens (tertiary/aromatic N) is 1. The molecule has 1 heterocycles. The summed E-state index contributed by atoms with van der Waals surface area (Å²) in [6.07, 6.45) is 4.97. The average molecular weight is 232 g/mol. The molecule has 0 N–H and O–H groups in total. The molecule has 0 unspecified atom stereocenters. The van der Waals surface area contributed by atoms with Gasteiger partial charge in [-0.05, 0) is 24.6 Å². The lowest BCUT2D eigenvalue weighted by Crippen LogP contribution is -2.16. The zero-order chi connectivity index (χ0) is 8.32. The summed E-state index contributed by atoms with van der Waals surface area (Å²) in [5.74, 6) is 0. The fourth-order valence-corrected chi connectivity index (χ4v) is 3.43. The Morgan fingerprint density at radius 3 is 1.82 bits per heavy atom. The zero-order valence-corrected chi connectivity index (χ0v) is 9.52. The molecule has 11 heavy (non-hydrogen) atoms. The summed E-state index contributed by atoms with van der Waals surface area (Å²) in [4.78, 5) is -2.16. The second-order valence-corrected chi connectivity index (χ2v) is 10.5. The van der Waals surface area contributed by atoms with Crippen LogP contribution in [0.4, 0.5) is 0 Å². The van der Waals surface area contributed by atoms with Gasteiger partial charge in [0.15, 0.2) is 4.89 Å². The summed E-state index contributed by atoms with van der Waals surface area (Å²) >= 11 is 16.8. The van der Waals surface area contributed by atoms with E-state index in [1.54, 1.807) is 0 Å². The van der Waals surface area contributed by atoms with Crippen molar-refractivity contribution in [2.45, 2.75) is 25.7 Å². The van der Waals surface area contributed by atoms with Crippen molar-refractivity contribution in [1.29, 1.82) is 0 Å². The molecule has 0 amide bonds. The summed E-state index contributed by atoms with van der Waals surface area (Å²) in [5.41, 5.74) is 0. The molecular weight excluding hydrogens is 220 g/mol. The summed E-state index contributed by atoms with van der Waals surface area (Å²) < 4.78 is 2.07. The van der Waals surface area contributed by atoms with Crippen molar-refractivity contribution < 1.29 is 0 Å². The highest BCUT2D eigenvalue weighted by atomic mass is 35.9. The van der Waals surface area contributed by atoms with Gasteiger partial charge in [-0.25, -0.2) is 0 Å². The number of hydrogen-bond acceptors (Lipinski definition) is 1. The number of halogens is 2. The molecule has 0 radical (unpaired) electrons. The summed E-state index contributed by atoms with van der Waals surface area (Å²) in [6, 6.07) is 0. The van der Waals surface area contributed by atoms with Crippen LogP contribution < -0.4 is 0 Å². The Hall–Kier alpha value is 1.19.